The van der Waals surface area contributed by atoms with Gasteiger partial charge in [-0.05, 0) is 43.5 Å². The molecule has 30 heavy (non-hydrogen) atoms. The summed E-state index contributed by atoms with van der Waals surface area (Å²) in [5.74, 6) is -1.30. The number of likely N-dealkylation sites (N-methyl/N-ethyl adjacent to an activating group) is 1. The molecule has 0 radical (unpaired) electrons. The molecular formula is C23H21ClN2O4. The fourth-order valence-corrected chi connectivity index (χ4v) is 4.16. The van der Waals surface area contributed by atoms with Crippen molar-refractivity contribution in [3.8, 4) is 6.07 Å². The van der Waals surface area contributed by atoms with E-state index in [2.05, 4.69) is 0 Å². The van der Waals surface area contributed by atoms with Gasteiger partial charge in [0.1, 0.15) is 5.54 Å². The molecule has 0 heterocycles. The molecule has 7 heteroatoms. The Morgan fingerprint density at radius 3 is 2.67 bits per heavy atom. The topological polar surface area (TPSA) is 87.5 Å². The summed E-state index contributed by atoms with van der Waals surface area (Å²) < 4.78 is 5.16. The van der Waals surface area contributed by atoms with Crippen molar-refractivity contribution in [1.29, 1.82) is 5.26 Å². The lowest BCUT2D eigenvalue weighted by molar-refractivity contribution is -0.150. The molecule has 1 saturated carbocycles. The van der Waals surface area contributed by atoms with Crippen LogP contribution in [0.5, 0.6) is 0 Å². The third-order valence-electron chi connectivity index (χ3n) is 5.47. The lowest BCUT2D eigenvalue weighted by atomic mass is 9.74. The molecule has 154 valence electrons. The highest BCUT2D eigenvalue weighted by molar-refractivity contribution is 6.31. The number of benzene rings is 2. The summed E-state index contributed by atoms with van der Waals surface area (Å²) >= 11 is 6.40. The van der Waals surface area contributed by atoms with Gasteiger partial charge in [0.15, 0.2) is 12.4 Å². The summed E-state index contributed by atoms with van der Waals surface area (Å²) in [6.07, 6.45) is 2.34. The van der Waals surface area contributed by atoms with Crippen LogP contribution in [0.25, 0.3) is 0 Å². The highest BCUT2D eigenvalue weighted by Gasteiger charge is 2.48. The number of hydrogen-bond donors (Lipinski definition) is 0. The van der Waals surface area contributed by atoms with E-state index in [9.17, 15) is 14.4 Å². The van der Waals surface area contributed by atoms with Crippen molar-refractivity contribution in [2.75, 3.05) is 13.7 Å². The van der Waals surface area contributed by atoms with Crippen LogP contribution in [0.15, 0.2) is 48.5 Å². The lowest BCUT2D eigenvalue weighted by Gasteiger charge is -2.43. The number of ketones is 1. The highest BCUT2D eigenvalue weighted by Crippen LogP contribution is 2.42. The number of rotatable bonds is 5. The molecule has 2 aromatic carbocycles. The molecule has 0 saturated heterocycles. The van der Waals surface area contributed by atoms with Crippen molar-refractivity contribution in [2.45, 2.75) is 31.2 Å². The minimum Gasteiger partial charge on any atom is -0.452 e. The third-order valence-corrected chi connectivity index (χ3v) is 5.80. The van der Waals surface area contributed by atoms with Gasteiger partial charge < -0.3 is 9.64 Å². The molecular weight excluding hydrogens is 404 g/mol. The van der Waals surface area contributed by atoms with Crippen LogP contribution in [0.4, 0.5) is 0 Å². The second-order valence-electron chi connectivity index (χ2n) is 7.19. The van der Waals surface area contributed by atoms with Crippen LogP contribution >= 0.6 is 11.6 Å². The molecule has 0 aromatic heterocycles. The van der Waals surface area contributed by atoms with Gasteiger partial charge in [0, 0.05) is 24.1 Å². The van der Waals surface area contributed by atoms with Gasteiger partial charge in [-0.15, -0.1) is 0 Å². The Morgan fingerprint density at radius 2 is 1.97 bits per heavy atom. The van der Waals surface area contributed by atoms with E-state index in [4.69, 9.17) is 21.6 Å². The molecule has 0 spiro atoms. The number of nitrogens with zero attached hydrogens (tertiary/aromatic N) is 2. The van der Waals surface area contributed by atoms with E-state index >= 15 is 0 Å². The molecule has 1 aliphatic rings. The first-order chi connectivity index (χ1) is 14.4. The zero-order valence-corrected chi connectivity index (χ0v) is 17.3. The Balaban J connectivity index is 1.81. The fourth-order valence-electron chi connectivity index (χ4n) is 3.87. The maximum atomic E-state index is 13.1. The van der Waals surface area contributed by atoms with Gasteiger partial charge in [-0.3, -0.25) is 9.59 Å². The van der Waals surface area contributed by atoms with Crippen LogP contribution in [0, 0.1) is 11.3 Å². The Bertz CT molecular complexity index is 1030. The Morgan fingerprint density at radius 1 is 1.20 bits per heavy atom. The van der Waals surface area contributed by atoms with E-state index in [1.54, 1.807) is 43.4 Å². The largest absolute Gasteiger partial charge is 0.452 e. The molecule has 1 fully saturated rings. The van der Waals surface area contributed by atoms with E-state index in [0.717, 1.165) is 12.8 Å². The van der Waals surface area contributed by atoms with Crippen LogP contribution < -0.4 is 0 Å². The van der Waals surface area contributed by atoms with Crippen LogP contribution in [-0.2, 0) is 19.9 Å². The fraction of sp³-hybridized carbons (Fsp3) is 0.304. The molecule has 3 rings (SSSR count). The SMILES string of the molecule is CN(C(=O)COC(=O)c1cccc(C#N)c1)C1(c2ccccc2Cl)CCCCC1=O. The first-order valence-electron chi connectivity index (χ1n) is 9.62. The van der Waals surface area contributed by atoms with Crippen molar-refractivity contribution in [1.82, 2.24) is 4.90 Å². The summed E-state index contributed by atoms with van der Waals surface area (Å²) in [5, 5.41) is 9.37. The summed E-state index contributed by atoms with van der Waals surface area (Å²) in [6.45, 7) is -0.522. The third kappa shape index (κ3) is 4.07. The van der Waals surface area contributed by atoms with Crippen molar-refractivity contribution in [2.24, 2.45) is 0 Å². The van der Waals surface area contributed by atoms with Gasteiger partial charge >= 0.3 is 5.97 Å². The van der Waals surface area contributed by atoms with Gasteiger partial charge in [-0.1, -0.05) is 35.9 Å². The number of hydrogen-bond acceptors (Lipinski definition) is 5. The van der Waals surface area contributed by atoms with Crippen LogP contribution in [0.2, 0.25) is 5.02 Å². The number of carbonyl (C=O) groups is 3. The molecule has 1 unspecified atom stereocenters. The lowest BCUT2D eigenvalue weighted by Crippen LogP contribution is -2.55. The molecule has 1 atom stereocenters. The molecule has 6 nitrogen and oxygen atoms in total. The number of halogens is 1. The van der Waals surface area contributed by atoms with Crippen molar-refractivity contribution in [3.05, 3.63) is 70.2 Å². The van der Waals surface area contributed by atoms with Crippen molar-refractivity contribution >= 4 is 29.3 Å². The normalized spacial score (nSPS) is 18.4. The Kier molecular flexibility index (Phi) is 6.53. The molecule has 1 aliphatic carbocycles. The summed E-state index contributed by atoms with van der Waals surface area (Å²) in [7, 11) is 1.54. The van der Waals surface area contributed by atoms with Crippen LogP contribution in [-0.4, -0.2) is 36.2 Å². The molecule has 2 aromatic rings. The molecule has 0 N–H and O–H groups in total. The second-order valence-corrected chi connectivity index (χ2v) is 7.60. The minimum atomic E-state index is -1.18. The van der Waals surface area contributed by atoms with Gasteiger partial charge in [0.25, 0.3) is 5.91 Å². The first-order valence-corrected chi connectivity index (χ1v) is 10.00. The zero-order chi connectivity index (χ0) is 21.7. The zero-order valence-electron chi connectivity index (χ0n) is 16.6. The summed E-state index contributed by atoms with van der Waals surface area (Å²) in [5.41, 5.74) is -0.0986. The van der Waals surface area contributed by atoms with E-state index in [1.807, 2.05) is 6.07 Å². The van der Waals surface area contributed by atoms with E-state index in [0.29, 0.717) is 29.0 Å². The predicted molar refractivity (Wildman–Crippen MR) is 111 cm³/mol. The summed E-state index contributed by atoms with van der Waals surface area (Å²) in [4.78, 5) is 39.6. The van der Waals surface area contributed by atoms with E-state index < -0.39 is 24.0 Å². The first kappa shape index (κ1) is 21.5. The van der Waals surface area contributed by atoms with Crippen LogP contribution in [0.3, 0.4) is 0 Å². The van der Waals surface area contributed by atoms with Gasteiger partial charge in [0.2, 0.25) is 0 Å². The van der Waals surface area contributed by atoms with E-state index in [1.165, 1.54) is 17.0 Å². The Hall–Kier alpha value is -3.17. The maximum absolute atomic E-state index is 13.1. The van der Waals surface area contributed by atoms with E-state index in [-0.39, 0.29) is 11.3 Å². The van der Waals surface area contributed by atoms with Gasteiger partial charge in [-0.2, -0.15) is 5.26 Å². The smallest absolute Gasteiger partial charge is 0.338 e. The maximum Gasteiger partial charge on any atom is 0.338 e. The summed E-state index contributed by atoms with van der Waals surface area (Å²) in [6, 6.07) is 15.0. The number of Topliss-reactive ketones (excluding diaryl/α,β-unsaturated/α-hetero) is 1. The molecule has 0 bridgehead atoms. The second kappa shape index (κ2) is 9.10. The number of esters is 1. The van der Waals surface area contributed by atoms with Gasteiger partial charge in [-0.25, -0.2) is 4.79 Å². The number of amides is 1. The molecule has 1 amide bonds. The number of carbonyl (C=O) groups excluding carboxylic acids is 3. The standard InChI is InChI=1S/C23H21ClN2O4/c1-26(21(28)15-30-22(29)17-8-6-7-16(13-17)14-25)23(12-5-4-11-20(23)27)18-9-2-3-10-19(18)24/h2-3,6-10,13H,4-5,11-12,15H2,1H3. The van der Waals surface area contributed by atoms with Crippen LogP contribution in [0.1, 0.15) is 47.2 Å². The van der Waals surface area contributed by atoms with Crippen molar-refractivity contribution in [3.63, 3.8) is 0 Å². The van der Waals surface area contributed by atoms with Gasteiger partial charge in [0.05, 0.1) is 17.2 Å². The molecule has 0 aliphatic heterocycles. The van der Waals surface area contributed by atoms with Crippen molar-refractivity contribution < 1.29 is 19.1 Å². The highest BCUT2D eigenvalue weighted by atomic mass is 35.5. The minimum absolute atomic E-state index is 0.0780. The monoisotopic (exact) mass is 424 g/mol. The average Bonchev–Trinajstić information content (AvgIpc) is 2.77. The average molecular weight is 425 g/mol. The quantitative estimate of drug-likeness (QED) is 0.680. The predicted octanol–water partition coefficient (Wildman–Crippen LogP) is 3.87. The Labute approximate surface area is 180 Å². The number of nitriles is 1. The number of ether oxygens (including phenoxy) is 1.